The molecular weight excluding hydrogens is 326 g/mol. The summed E-state index contributed by atoms with van der Waals surface area (Å²) in [5.41, 5.74) is 0. The van der Waals surface area contributed by atoms with E-state index in [1.165, 1.54) is 15.6 Å². The van der Waals surface area contributed by atoms with Crippen LogP contribution in [-0.4, -0.2) is 50.4 Å². The maximum atomic E-state index is 12.0. The third-order valence-electron chi connectivity index (χ3n) is 3.62. The smallest absolute Gasteiger partial charge is 0.309 e. The molecule has 0 saturated carbocycles. The third-order valence-corrected chi connectivity index (χ3v) is 5.96. The number of Topliss-reactive ketones (excluding diaryl/α,β-unsaturated/α-hetero) is 1. The molecule has 1 aliphatic rings. The van der Waals surface area contributed by atoms with Crippen molar-refractivity contribution in [3.05, 3.63) is 21.9 Å². The number of nitrogens with zero attached hydrogens (tertiary/aromatic N) is 1. The Kier molecular flexibility index (Phi) is 5.36. The van der Waals surface area contributed by atoms with Crippen molar-refractivity contribution < 1.29 is 22.7 Å². The molecule has 1 aromatic rings. The zero-order valence-corrected chi connectivity index (χ0v) is 14.2. The van der Waals surface area contributed by atoms with E-state index in [2.05, 4.69) is 0 Å². The quantitative estimate of drug-likeness (QED) is 0.596. The van der Waals surface area contributed by atoms with Gasteiger partial charge in [-0.25, -0.2) is 12.7 Å². The maximum absolute atomic E-state index is 12.0. The lowest BCUT2D eigenvalue weighted by atomic mass is 9.98. The highest BCUT2D eigenvalue weighted by Crippen LogP contribution is 2.21. The number of carbonyl (C=O) groups excluding carboxylic acids is 2. The molecule has 0 bridgehead atoms. The second-order valence-corrected chi connectivity index (χ2v) is 8.65. The summed E-state index contributed by atoms with van der Waals surface area (Å²) in [5, 5.41) is 0. The largest absolute Gasteiger partial charge is 0.457 e. The van der Waals surface area contributed by atoms with Crippen molar-refractivity contribution in [3.8, 4) is 0 Å². The Morgan fingerprint density at radius 2 is 1.95 bits per heavy atom. The SMILES string of the molecule is Cc1ccc(C(=O)COC(=O)C2CCN(S(C)(=O)=O)CC2)s1. The van der Waals surface area contributed by atoms with Gasteiger partial charge in [0.2, 0.25) is 15.8 Å². The summed E-state index contributed by atoms with van der Waals surface area (Å²) >= 11 is 1.37. The average Bonchev–Trinajstić information content (AvgIpc) is 2.90. The molecule has 2 heterocycles. The summed E-state index contributed by atoms with van der Waals surface area (Å²) in [5.74, 6) is -0.967. The number of hydrogen-bond donors (Lipinski definition) is 0. The predicted molar refractivity (Wildman–Crippen MR) is 83.5 cm³/mol. The molecule has 22 heavy (non-hydrogen) atoms. The van der Waals surface area contributed by atoms with Crippen LogP contribution in [0.25, 0.3) is 0 Å². The Morgan fingerprint density at radius 1 is 1.32 bits per heavy atom. The summed E-state index contributed by atoms with van der Waals surface area (Å²) in [4.78, 5) is 25.4. The van der Waals surface area contributed by atoms with E-state index in [9.17, 15) is 18.0 Å². The summed E-state index contributed by atoms with van der Waals surface area (Å²) in [6.45, 7) is 2.28. The third kappa shape index (κ3) is 4.37. The maximum Gasteiger partial charge on any atom is 0.309 e. The molecule has 1 saturated heterocycles. The predicted octanol–water partition coefficient (Wildman–Crippen LogP) is 1.45. The Bertz CT molecular complexity index is 657. The van der Waals surface area contributed by atoms with E-state index in [0.717, 1.165) is 11.1 Å². The van der Waals surface area contributed by atoms with Crippen LogP contribution in [0.1, 0.15) is 27.4 Å². The van der Waals surface area contributed by atoms with E-state index in [4.69, 9.17) is 4.74 Å². The van der Waals surface area contributed by atoms with Crippen LogP contribution in [0.2, 0.25) is 0 Å². The number of aryl methyl sites for hydroxylation is 1. The Balaban J connectivity index is 1.80. The minimum atomic E-state index is -3.21. The molecule has 0 atom stereocenters. The standard InChI is InChI=1S/C14H19NO5S2/c1-10-3-4-13(21-10)12(16)9-20-14(17)11-5-7-15(8-6-11)22(2,18)19/h3-4,11H,5-9H2,1-2H3. The van der Waals surface area contributed by atoms with Crippen LogP contribution in [0.3, 0.4) is 0 Å². The number of ketones is 1. The molecule has 122 valence electrons. The number of sulfonamides is 1. The van der Waals surface area contributed by atoms with Crippen molar-refractivity contribution in [3.63, 3.8) is 0 Å². The number of hydrogen-bond acceptors (Lipinski definition) is 6. The van der Waals surface area contributed by atoms with Crippen LogP contribution < -0.4 is 0 Å². The molecule has 0 unspecified atom stereocenters. The van der Waals surface area contributed by atoms with Gasteiger partial charge in [-0.15, -0.1) is 11.3 Å². The van der Waals surface area contributed by atoms with Gasteiger partial charge in [0.25, 0.3) is 0 Å². The van der Waals surface area contributed by atoms with Gasteiger partial charge >= 0.3 is 5.97 Å². The average molecular weight is 345 g/mol. The minimum Gasteiger partial charge on any atom is -0.457 e. The first-order valence-electron chi connectivity index (χ1n) is 6.99. The fourth-order valence-electron chi connectivity index (χ4n) is 2.33. The van der Waals surface area contributed by atoms with Gasteiger partial charge in [-0.05, 0) is 31.9 Å². The van der Waals surface area contributed by atoms with Crippen molar-refractivity contribution >= 4 is 33.1 Å². The van der Waals surface area contributed by atoms with Gasteiger partial charge in [0.15, 0.2) is 6.61 Å². The number of thiophene rings is 1. The van der Waals surface area contributed by atoms with Crippen molar-refractivity contribution in [1.82, 2.24) is 4.31 Å². The highest BCUT2D eigenvalue weighted by molar-refractivity contribution is 7.88. The molecular formula is C14H19NO5S2. The van der Waals surface area contributed by atoms with E-state index in [-0.39, 0.29) is 18.3 Å². The molecule has 1 aliphatic heterocycles. The van der Waals surface area contributed by atoms with Crippen LogP contribution in [0.5, 0.6) is 0 Å². The van der Waals surface area contributed by atoms with Crippen LogP contribution in [0, 0.1) is 12.8 Å². The zero-order chi connectivity index (χ0) is 16.3. The van der Waals surface area contributed by atoms with Gasteiger partial charge in [-0.2, -0.15) is 0 Å². The Morgan fingerprint density at radius 3 is 2.45 bits per heavy atom. The summed E-state index contributed by atoms with van der Waals surface area (Å²) in [6, 6.07) is 3.57. The first-order chi connectivity index (χ1) is 10.3. The minimum absolute atomic E-state index is 0.208. The van der Waals surface area contributed by atoms with E-state index in [1.54, 1.807) is 6.07 Å². The number of ether oxygens (including phenoxy) is 1. The summed E-state index contributed by atoms with van der Waals surface area (Å²) in [6.07, 6.45) is 2.02. The lowest BCUT2D eigenvalue weighted by Crippen LogP contribution is -2.40. The van der Waals surface area contributed by atoms with Crippen molar-refractivity contribution in [1.29, 1.82) is 0 Å². The Labute approximate surface area is 134 Å². The van der Waals surface area contributed by atoms with E-state index < -0.39 is 16.0 Å². The van der Waals surface area contributed by atoms with Gasteiger partial charge in [0.05, 0.1) is 17.1 Å². The fourth-order valence-corrected chi connectivity index (χ4v) is 4.00. The fraction of sp³-hybridized carbons (Fsp3) is 0.571. The molecule has 0 N–H and O–H groups in total. The van der Waals surface area contributed by atoms with Gasteiger partial charge in [-0.3, -0.25) is 9.59 Å². The highest BCUT2D eigenvalue weighted by atomic mass is 32.2. The van der Waals surface area contributed by atoms with Crippen LogP contribution >= 0.6 is 11.3 Å². The number of esters is 1. The van der Waals surface area contributed by atoms with Crippen molar-refractivity contribution in [2.24, 2.45) is 5.92 Å². The van der Waals surface area contributed by atoms with Gasteiger partial charge in [0.1, 0.15) is 0 Å². The lowest BCUT2D eigenvalue weighted by Gasteiger charge is -2.28. The number of piperidine rings is 1. The van der Waals surface area contributed by atoms with E-state index >= 15 is 0 Å². The zero-order valence-electron chi connectivity index (χ0n) is 12.6. The van der Waals surface area contributed by atoms with Gasteiger partial charge in [-0.1, -0.05) is 0 Å². The molecule has 0 spiro atoms. The molecule has 0 amide bonds. The molecule has 0 radical (unpaired) electrons. The topological polar surface area (TPSA) is 80.8 Å². The number of carbonyl (C=O) groups is 2. The van der Waals surface area contributed by atoms with Gasteiger partial charge < -0.3 is 4.74 Å². The van der Waals surface area contributed by atoms with Crippen molar-refractivity contribution in [2.45, 2.75) is 19.8 Å². The number of rotatable bonds is 5. The molecule has 0 aliphatic carbocycles. The molecule has 1 fully saturated rings. The second kappa shape index (κ2) is 6.89. The normalized spacial score (nSPS) is 17.4. The van der Waals surface area contributed by atoms with Crippen molar-refractivity contribution in [2.75, 3.05) is 26.0 Å². The first kappa shape index (κ1) is 17.1. The molecule has 6 nitrogen and oxygen atoms in total. The molecule has 2 rings (SSSR count). The molecule has 8 heteroatoms. The Hall–Kier alpha value is -1.25. The van der Waals surface area contributed by atoms with Crippen LogP contribution in [0.4, 0.5) is 0 Å². The summed E-state index contributed by atoms with van der Waals surface area (Å²) < 4.78 is 29.2. The molecule has 1 aromatic heterocycles. The lowest BCUT2D eigenvalue weighted by molar-refractivity contribution is -0.148. The van der Waals surface area contributed by atoms with Crippen LogP contribution in [-0.2, 0) is 19.6 Å². The summed E-state index contributed by atoms with van der Waals surface area (Å²) in [7, 11) is -3.21. The van der Waals surface area contributed by atoms with E-state index in [0.29, 0.717) is 30.8 Å². The van der Waals surface area contributed by atoms with Crippen LogP contribution in [0.15, 0.2) is 12.1 Å². The second-order valence-electron chi connectivity index (χ2n) is 5.38. The van der Waals surface area contributed by atoms with E-state index in [1.807, 2.05) is 13.0 Å². The van der Waals surface area contributed by atoms with Gasteiger partial charge in [0, 0.05) is 18.0 Å². The monoisotopic (exact) mass is 345 g/mol. The first-order valence-corrected chi connectivity index (χ1v) is 9.65. The highest BCUT2D eigenvalue weighted by Gasteiger charge is 2.30. The molecule has 0 aromatic carbocycles.